The molecule has 7 nitrogen and oxygen atoms in total. The molecule has 0 N–H and O–H groups in total. The summed E-state index contributed by atoms with van der Waals surface area (Å²) in [5, 5.41) is 8.77. The lowest BCUT2D eigenvalue weighted by molar-refractivity contribution is 0.0214. The topological polar surface area (TPSA) is 79.2 Å². The van der Waals surface area contributed by atoms with Crippen LogP contribution in [0.2, 0.25) is 0 Å². The highest BCUT2D eigenvalue weighted by atomic mass is 16.7. The molecule has 122 valence electrons. The summed E-state index contributed by atoms with van der Waals surface area (Å²) in [6.45, 7) is 0.162. The summed E-state index contributed by atoms with van der Waals surface area (Å²) in [7, 11) is 4.57. The minimum Gasteiger partial charge on any atom is -0.464 e. The van der Waals surface area contributed by atoms with E-state index in [2.05, 4.69) is 6.07 Å². The maximum atomic E-state index is 8.77. The van der Waals surface area contributed by atoms with Crippen molar-refractivity contribution in [1.82, 2.24) is 0 Å². The van der Waals surface area contributed by atoms with Crippen LogP contribution in [0.15, 0.2) is 12.1 Å². The Bertz CT molecular complexity index is 486. The average molecular weight is 311 g/mol. The van der Waals surface area contributed by atoms with E-state index in [0.29, 0.717) is 30.1 Å². The molecule has 0 saturated carbocycles. The second-order valence-electron chi connectivity index (χ2n) is 4.19. The highest BCUT2D eigenvalue weighted by Crippen LogP contribution is 2.41. The van der Waals surface area contributed by atoms with Gasteiger partial charge in [-0.2, -0.15) is 5.26 Å². The zero-order valence-corrected chi connectivity index (χ0v) is 13.1. The first-order chi connectivity index (χ1) is 10.8. The summed E-state index contributed by atoms with van der Waals surface area (Å²) in [6, 6.07) is 5.68. The van der Waals surface area contributed by atoms with Crippen molar-refractivity contribution in [3.8, 4) is 23.3 Å². The van der Waals surface area contributed by atoms with Gasteiger partial charge in [-0.1, -0.05) is 6.07 Å². The predicted octanol–water partition coefficient (Wildman–Crippen LogP) is 2.09. The monoisotopic (exact) mass is 311 g/mol. The van der Waals surface area contributed by atoms with E-state index >= 15 is 0 Å². The Morgan fingerprint density at radius 1 is 0.864 bits per heavy atom. The summed E-state index contributed by atoms with van der Waals surface area (Å²) in [5.74, 6) is 1.33. The van der Waals surface area contributed by atoms with Gasteiger partial charge < -0.3 is 28.4 Å². The summed E-state index contributed by atoms with van der Waals surface area (Å²) in [4.78, 5) is 0. The summed E-state index contributed by atoms with van der Waals surface area (Å²) in [6.07, 6.45) is 0.898. The molecule has 0 saturated heterocycles. The van der Waals surface area contributed by atoms with Gasteiger partial charge in [0.05, 0.1) is 6.07 Å². The van der Waals surface area contributed by atoms with Crippen LogP contribution in [0.5, 0.6) is 17.2 Å². The van der Waals surface area contributed by atoms with Crippen LogP contribution >= 0.6 is 0 Å². The Labute approximate surface area is 130 Å². The molecule has 22 heavy (non-hydrogen) atoms. The van der Waals surface area contributed by atoms with E-state index in [1.54, 1.807) is 6.07 Å². The van der Waals surface area contributed by atoms with Gasteiger partial charge in [-0.3, -0.25) is 0 Å². The van der Waals surface area contributed by atoms with Gasteiger partial charge in [-0.15, -0.1) is 0 Å². The van der Waals surface area contributed by atoms with Crippen LogP contribution in [0.4, 0.5) is 0 Å². The number of nitrogens with zero attached hydrogens (tertiary/aromatic N) is 1. The lowest BCUT2D eigenvalue weighted by atomic mass is 10.1. The van der Waals surface area contributed by atoms with Crippen LogP contribution in [0, 0.1) is 11.3 Å². The van der Waals surface area contributed by atoms with Crippen molar-refractivity contribution in [3.05, 3.63) is 17.7 Å². The van der Waals surface area contributed by atoms with E-state index in [-0.39, 0.29) is 20.4 Å². The van der Waals surface area contributed by atoms with E-state index < -0.39 is 0 Å². The average Bonchev–Trinajstić information content (AvgIpc) is 2.55. The molecule has 0 aliphatic carbocycles. The molecule has 7 heteroatoms. The first kappa shape index (κ1) is 18.0. The van der Waals surface area contributed by atoms with Gasteiger partial charge in [0.1, 0.15) is 0 Å². The van der Waals surface area contributed by atoms with Crippen LogP contribution in [0.1, 0.15) is 12.0 Å². The molecule has 0 atom stereocenters. The second-order valence-corrected chi connectivity index (χ2v) is 4.19. The molecule has 0 fully saturated rings. The fraction of sp³-hybridized carbons (Fsp3) is 0.533. The maximum Gasteiger partial charge on any atom is 0.206 e. The van der Waals surface area contributed by atoms with Gasteiger partial charge in [-0.05, 0) is 18.1 Å². The molecular formula is C15H21NO6. The predicted molar refractivity (Wildman–Crippen MR) is 77.9 cm³/mol. The van der Waals surface area contributed by atoms with Gasteiger partial charge in [0.15, 0.2) is 31.9 Å². The molecule has 0 aliphatic heterocycles. The van der Waals surface area contributed by atoms with Crippen molar-refractivity contribution in [3.63, 3.8) is 0 Å². The number of nitriles is 1. The van der Waals surface area contributed by atoms with Crippen molar-refractivity contribution in [2.24, 2.45) is 0 Å². The standard InChI is InChI=1S/C15H21NO6/c1-17-9-20-13-7-6-12(5-4-8-16)14(21-10-18-2)15(13)22-11-19-3/h6-7H,4-5,9-11H2,1-3H3. The molecule has 0 aromatic heterocycles. The molecule has 0 spiro atoms. The molecule has 0 bridgehead atoms. The first-order valence-corrected chi connectivity index (χ1v) is 6.66. The van der Waals surface area contributed by atoms with E-state index in [0.717, 1.165) is 5.56 Å². The lowest BCUT2D eigenvalue weighted by Crippen LogP contribution is -2.09. The summed E-state index contributed by atoms with van der Waals surface area (Å²) in [5.41, 5.74) is 0.828. The van der Waals surface area contributed by atoms with Crippen molar-refractivity contribution in [1.29, 1.82) is 5.26 Å². The Hall–Kier alpha value is -2.01. The van der Waals surface area contributed by atoms with E-state index in [9.17, 15) is 0 Å². The van der Waals surface area contributed by atoms with Gasteiger partial charge in [0, 0.05) is 27.8 Å². The number of aryl methyl sites for hydroxylation is 1. The number of hydrogen-bond acceptors (Lipinski definition) is 7. The van der Waals surface area contributed by atoms with E-state index in [4.69, 9.17) is 33.7 Å². The van der Waals surface area contributed by atoms with Crippen LogP contribution < -0.4 is 14.2 Å². The van der Waals surface area contributed by atoms with Gasteiger partial charge in [0.2, 0.25) is 5.75 Å². The summed E-state index contributed by atoms with van der Waals surface area (Å²) >= 11 is 0. The zero-order valence-electron chi connectivity index (χ0n) is 13.1. The van der Waals surface area contributed by atoms with Crippen molar-refractivity contribution >= 4 is 0 Å². The lowest BCUT2D eigenvalue weighted by Gasteiger charge is -2.18. The first-order valence-electron chi connectivity index (χ1n) is 6.66. The fourth-order valence-corrected chi connectivity index (χ4v) is 1.74. The second kappa shape index (κ2) is 10.7. The molecule has 0 aliphatic rings. The molecule has 1 aromatic carbocycles. The van der Waals surface area contributed by atoms with Crippen LogP contribution in [-0.2, 0) is 20.6 Å². The third kappa shape index (κ3) is 5.41. The van der Waals surface area contributed by atoms with Gasteiger partial charge >= 0.3 is 0 Å². The fourth-order valence-electron chi connectivity index (χ4n) is 1.74. The van der Waals surface area contributed by atoms with Crippen molar-refractivity contribution in [2.75, 3.05) is 41.7 Å². The number of rotatable bonds is 11. The van der Waals surface area contributed by atoms with Gasteiger partial charge in [0.25, 0.3) is 0 Å². The Morgan fingerprint density at radius 3 is 2.05 bits per heavy atom. The Kier molecular flexibility index (Phi) is 8.76. The molecule has 0 amide bonds. The van der Waals surface area contributed by atoms with Crippen molar-refractivity contribution in [2.45, 2.75) is 12.8 Å². The zero-order chi connectivity index (χ0) is 16.2. The normalized spacial score (nSPS) is 10.1. The molecule has 0 unspecified atom stereocenters. The number of ether oxygens (including phenoxy) is 6. The maximum absolute atomic E-state index is 8.77. The quantitative estimate of drug-likeness (QED) is 0.579. The smallest absolute Gasteiger partial charge is 0.206 e. The van der Waals surface area contributed by atoms with Crippen LogP contribution in [-0.4, -0.2) is 41.7 Å². The largest absolute Gasteiger partial charge is 0.464 e. The SMILES string of the molecule is COCOc1ccc(CCC#N)c(OCOC)c1OCOC. The third-order valence-corrected chi connectivity index (χ3v) is 2.64. The van der Waals surface area contributed by atoms with E-state index in [1.807, 2.05) is 6.07 Å². The Morgan fingerprint density at radius 2 is 1.45 bits per heavy atom. The number of methoxy groups -OCH3 is 3. The number of hydrogen-bond donors (Lipinski definition) is 0. The molecule has 0 heterocycles. The van der Waals surface area contributed by atoms with Crippen molar-refractivity contribution < 1.29 is 28.4 Å². The highest BCUT2D eigenvalue weighted by Gasteiger charge is 2.18. The molecule has 0 radical (unpaired) electrons. The Balaban J connectivity index is 3.14. The van der Waals surface area contributed by atoms with Gasteiger partial charge in [-0.25, -0.2) is 0 Å². The minimum absolute atomic E-state index is 0.0361. The highest BCUT2D eigenvalue weighted by molar-refractivity contribution is 5.56. The minimum atomic E-state index is 0.0361. The third-order valence-electron chi connectivity index (χ3n) is 2.64. The van der Waals surface area contributed by atoms with Crippen LogP contribution in [0.3, 0.4) is 0 Å². The molecular weight excluding hydrogens is 290 g/mol. The number of benzene rings is 1. The molecule has 1 rings (SSSR count). The van der Waals surface area contributed by atoms with E-state index in [1.165, 1.54) is 21.3 Å². The summed E-state index contributed by atoms with van der Waals surface area (Å²) < 4.78 is 31.4. The van der Waals surface area contributed by atoms with Crippen LogP contribution in [0.25, 0.3) is 0 Å². The molecule has 1 aromatic rings.